The van der Waals surface area contributed by atoms with Crippen molar-refractivity contribution in [3.8, 4) is 0 Å². The molecule has 0 aromatic heterocycles. The Morgan fingerprint density at radius 1 is 1.10 bits per heavy atom. The Morgan fingerprint density at radius 3 is 2.19 bits per heavy atom. The lowest BCUT2D eigenvalue weighted by molar-refractivity contribution is -0.140. The van der Waals surface area contributed by atoms with E-state index in [0.29, 0.717) is 32.7 Å². The minimum absolute atomic E-state index is 0.0580. The molecule has 2 amide bonds. The minimum atomic E-state index is -1.25. The van der Waals surface area contributed by atoms with Crippen molar-refractivity contribution < 1.29 is 29.7 Å². The zero-order valence-electron chi connectivity index (χ0n) is 11.7. The minimum Gasteiger partial charge on any atom is -0.481 e. The maximum atomic E-state index is 12.0. The monoisotopic (exact) mass is 303 g/mol. The van der Waals surface area contributed by atoms with E-state index in [1.807, 2.05) is 4.90 Å². The van der Waals surface area contributed by atoms with E-state index in [1.54, 1.807) is 0 Å². The van der Waals surface area contributed by atoms with Gasteiger partial charge in [-0.15, -0.1) is 0 Å². The van der Waals surface area contributed by atoms with Gasteiger partial charge in [-0.1, -0.05) is 0 Å². The lowest BCUT2D eigenvalue weighted by Crippen LogP contribution is -2.54. The number of carboxylic acid groups (broad SMARTS) is 2. The van der Waals surface area contributed by atoms with Gasteiger partial charge in [0.25, 0.3) is 0 Å². The van der Waals surface area contributed by atoms with Crippen molar-refractivity contribution in [1.29, 1.82) is 0 Å². The Hall–Kier alpha value is -1.87. The van der Waals surface area contributed by atoms with Crippen molar-refractivity contribution in [3.63, 3.8) is 0 Å². The SMILES string of the molecule is O=C(O)CC[C@H](NC(=O)N1CCN(CCO)CC1)C(=O)O. The van der Waals surface area contributed by atoms with E-state index in [4.69, 9.17) is 15.3 Å². The van der Waals surface area contributed by atoms with Crippen LogP contribution in [0, 0.1) is 0 Å². The zero-order chi connectivity index (χ0) is 15.8. The first-order valence-electron chi connectivity index (χ1n) is 6.77. The third kappa shape index (κ3) is 5.96. The number of carbonyl (C=O) groups is 3. The van der Waals surface area contributed by atoms with Crippen LogP contribution in [-0.2, 0) is 9.59 Å². The van der Waals surface area contributed by atoms with Crippen LogP contribution in [0.4, 0.5) is 4.79 Å². The number of nitrogens with zero attached hydrogens (tertiary/aromatic N) is 2. The molecule has 0 aromatic carbocycles. The lowest BCUT2D eigenvalue weighted by atomic mass is 10.1. The van der Waals surface area contributed by atoms with E-state index >= 15 is 0 Å². The molecule has 0 radical (unpaired) electrons. The number of rotatable bonds is 7. The van der Waals surface area contributed by atoms with Crippen molar-refractivity contribution in [2.75, 3.05) is 39.3 Å². The van der Waals surface area contributed by atoms with Crippen molar-refractivity contribution in [2.24, 2.45) is 0 Å². The molecule has 0 aliphatic carbocycles. The van der Waals surface area contributed by atoms with Crippen LogP contribution in [0.5, 0.6) is 0 Å². The second-order valence-electron chi connectivity index (χ2n) is 4.83. The maximum absolute atomic E-state index is 12.0. The van der Waals surface area contributed by atoms with Crippen molar-refractivity contribution in [2.45, 2.75) is 18.9 Å². The highest BCUT2D eigenvalue weighted by atomic mass is 16.4. The van der Waals surface area contributed by atoms with Crippen LogP contribution in [0.15, 0.2) is 0 Å². The average Bonchev–Trinajstić information content (AvgIpc) is 2.43. The first-order chi connectivity index (χ1) is 9.93. The molecule has 1 rings (SSSR count). The summed E-state index contributed by atoms with van der Waals surface area (Å²) in [6, 6.07) is -1.71. The number of aliphatic hydroxyl groups is 1. The van der Waals surface area contributed by atoms with Gasteiger partial charge in [0.2, 0.25) is 0 Å². The Labute approximate surface area is 122 Å². The fourth-order valence-electron chi connectivity index (χ4n) is 2.08. The molecule has 9 heteroatoms. The Balaban J connectivity index is 2.43. The number of hydrogen-bond acceptors (Lipinski definition) is 5. The Bertz CT molecular complexity index is 381. The van der Waals surface area contributed by atoms with Gasteiger partial charge in [-0.3, -0.25) is 9.69 Å². The number of aliphatic hydroxyl groups excluding tert-OH is 1. The number of piperazine rings is 1. The molecule has 0 unspecified atom stereocenters. The fraction of sp³-hybridized carbons (Fsp3) is 0.750. The smallest absolute Gasteiger partial charge is 0.326 e. The molecule has 1 atom stereocenters. The van der Waals surface area contributed by atoms with Gasteiger partial charge in [-0.2, -0.15) is 0 Å². The summed E-state index contributed by atoms with van der Waals surface area (Å²) in [7, 11) is 0. The van der Waals surface area contributed by atoms with Gasteiger partial charge in [0.15, 0.2) is 0 Å². The van der Waals surface area contributed by atoms with Crippen molar-refractivity contribution in [1.82, 2.24) is 15.1 Å². The largest absolute Gasteiger partial charge is 0.481 e. The molecule has 1 fully saturated rings. The lowest BCUT2D eigenvalue weighted by Gasteiger charge is -2.34. The summed E-state index contributed by atoms with van der Waals surface area (Å²) in [4.78, 5) is 36.9. The highest BCUT2D eigenvalue weighted by Crippen LogP contribution is 2.04. The number of carboxylic acids is 2. The molecule has 0 spiro atoms. The van der Waals surface area contributed by atoms with Gasteiger partial charge >= 0.3 is 18.0 Å². The van der Waals surface area contributed by atoms with E-state index in [2.05, 4.69) is 5.32 Å². The van der Waals surface area contributed by atoms with Crippen LogP contribution in [0.1, 0.15) is 12.8 Å². The summed E-state index contributed by atoms with van der Waals surface area (Å²) in [5.41, 5.74) is 0. The molecule has 21 heavy (non-hydrogen) atoms. The molecule has 0 aromatic rings. The van der Waals surface area contributed by atoms with Crippen molar-refractivity contribution in [3.05, 3.63) is 0 Å². The summed E-state index contributed by atoms with van der Waals surface area (Å²) < 4.78 is 0. The van der Waals surface area contributed by atoms with E-state index in [9.17, 15) is 14.4 Å². The highest BCUT2D eigenvalue weighted by molar-refractivity contribution is 5.83. The van der Waals surface area contributed by atoms with E-state index in [-0.39, 0.29) is 19.4 Å². The third-order valence-corrected chi connectivity index (χ3v) is 3.32. The van der Waals surface area contributed by atoms with Crippen LogP contribution in [0.25, 0.3) is 0 Å². The summed E-state index contributed by atoms with van der Waals surface area (Å²) >= 11 is 0. The molecule has 4 N–H and O–H groups in total. The molecule has 1 aliphatic rings. The van der Waals surface area contributed by atoms with Crippen LogP contribution in [0.3, 0.4) is 0 Å². The van der Waals surface area contributed by atoms with Crippen LogP contribution in [0.2, 0.25) is 0 Å². The number of β-amino-alcohol motifs (C(OH)–C–C–N with tert-alkyl or cyclic N) is 1. The van der Waals surface area contributed by atoms with Gasteiger partial charge in [0.05, 0.1) is 6.61 Å². The molecule has 1 heterocycles. The fourth-order valence-corrected chi connectivity index (χ4v) is 2.08. The number of amides is 2. The van der Waals surface area contributed by atoms with Gasteiger partial charge in [-0.25, -0.2) is 9.59 Å². The molecular weight excluding hydrogens is 282 g/mol. The summed E-state index contributed by atoms with van der Waals surface area (Å²) in [5.74, 6) is -2.35. The molecule has 0 saturated carbocycles. The molecule has 9 nitrogen and oxygen atoms in total. The zero-order valence-corrected chi connectivity index (χ0v) is 11.7. The van der Waals surface area contributed by atoms with E-state index in [0.717, 1.165) is 0 Å². The number of aliphatic carboxylic acids is 2. The van der Waals surface area contributed by atoms with Gasteiger partial charge in [0.1, 0.15) is 6.04 Å². The second-order valence-corrected chi connectivity index (χ2v) is 4.83. The number of hydrogen-bond donors (Lipinski definition) is 4. The first-order valence-corrected chi connectivity index (χ1v) is 6.77. The van der Waals surface area contributed by atoms with E-state index < -0.39 is 24.0 Å². The predicted molar refractivity (Wildman–Crippen MR) is 71.9 cm³/mol. The Morgan fingerprint density at radius 2 is 1.71 bits per heavy atom. The van der Waals surface area contributed by atoms with Crippen molar-refractivity contribution >= 4 is 18.0 Å². The summed E-state index contributed by atoms with van der Waals surface area (Å²) in [6.07, 6.45) is -0.470. The summed E-state index contributed by atoms with van der Waals surface area (Å²) in [5, 5.41) is 28.7. The molecule has 120 valence electrons. The third-order valence-electron chi connectivity index (χ3n) is 3.32. The highest BCUT2D eigenvalue weighted by Gasteiger charge is 2.26. The number of urea groups is 1. The molecule has 0 bridgehead atoms. The normalized spacial score (nSPS) is 17.3. The quantitative estimate of drug-likeness (QED) is 0.456. The molecule has 1 aliphatic heterocycles. The summed E-state index contributed by atoms with van der Waals surface area (Å²) in [6.45, 7) is 2.71. The van der Waals surface area contributed by atoms with E-state index in [1.165, 1.54) is 4.90 Å². The Kier molecular flexibility index (Phi) is 6.89. The van der Waals surface area contributed by atoms with Crippen LogP contribution in [-0.4, -0.2) is 88.5 Å². The topological polar surface area (TPSA) is 130 Å². The average molecular weight is 303 g/mol. The number of carbonyl (C=O) groups excluding carboxylic acids is 1. The second kappa shape index (κ2) is 8.42. The molecular formula is C12H21N3O6. The predicted octanol–water partition coefficient (Wildman–Crippen LogP) is -1.38. The van der Waals surface area contributed by atoms with Gasteiger partial charge in [0, 0.05) is 39.1 Å². The maximum Gasteiger partial charge on any atom is 0.326 e. The van der Waals surface area contributed by atoms with Crippen LogP contribution < -0.4 is 5.32 Å². The molecule has 1 saturated heterocycles. The standard InChI is InChI=1S/C12H21N3O6/c16-8-7-14-3-5-15(6-4-14)12(21)13-9(11(19)20)1-2-10(17)18/h9,16H,1-8H2,(H,13,21)(H,17,18)(H,19,20)/t9-/m0/s1. The van der Waals surface area contributed by atoms with Gasteiger partial charge in [-0.05, 0) is 6.42 Å². The van der Waals surface area contributed by atoms with Gasteiger partial charge < -0.3 is 25.5 Å². The van der Waals surface area contributed by atoms with Crippen LogP contribution >= 0.6 is 0 Å². The first kappa shape index (κ1) is 17.2. The number of nitrogens with one attached hydrogen (secondary N) is 1.